The van der Waals surface area contributed by atoms with Crippen molar-refractivity contribution in [2.24, 2.45) is 0 Å². The molecular weight excluding hydrogens is 290 g/mol. The van der Waals surface area contributed by atoms with Gasteiger partial charge in [-0.1, -0.05) is 46.9 Å². The zero-order valence-electron chi connectivity index (χ0n) is 8.32. The molecule has 0 spiro atoms. The number of benzene rings is 1. The fourth-order valence-corrected chi connectivity index (χ4v) is 2.00. The molecule has 0 radical (unpaired) electrons. The number of ether oxygens (including phenoxy) is 1. The van der Waals surface area contributed by atoms with E-state index in [1.54, 1.807) is 24.3 Å². The molecule has 5 nitrogen and oxygen atoms in total. The summed E-state index contributed by atoms with van der Waals surface area (Å²) in [6, 6.07) is 6.80. The van der Waals surface area contributed by atoms with Crippen molar-refractivity contribution in [2.45, 2.75) is 9.52 Å². The molecule has 0 saturated carbocycles. The quantitative estimate of drug-likeness (QED) is 0.518. The van der Waals surface area contributed by atoms with Gasteiger partial charge in [-0.3, -0.25) is 10.1 Å². The van der Waals surface area contributed by atoms with Crippen LogP contribution in [-0.4, -0.2) is 21.0 Å². The van der Waals surface area contributed by atoms with Crippen molar-refractivity contribution in [2.75, 3.05) is 11.9 Å². The average molecular weight is 298 g/mol. The predicted octanol–water partition coefficient (Wildman–Crippen LogP) is 2.83. The standard InChI is InChI=1S/C9H7Cl3N2O3/c10-9(11,12)8(5-14(15)16)13-6-3-1-2-4-7(6)17-8/h1-4,13H,5H2/t8-/m0/s1. The molecule has 0 fully saturated rings. The highest BCUT2D eigenvalue weighted by Crippen LogP contribution is 2.48. The van der Waals surface area contributed by atoms with E-state index in [1.807, 2.05) is 0 Å². The van der Waals surface area contributed by atoms with E-state index in [4.69, 9.17) is 39.5 Å². The van der Waals surface area contributed by atoms with Crippen molar-refractivity contribution in [1.29, 1.82) is 0 Å². The number of hydrogen-bond acceptors (Lipinski definition) is 4. The van der Waals surface area contributed by atoms with Crippen molar-refractivity contribution in [3.63, 3.8) is 0 Å². The number of nitro groups is 1. The summed E-state index contributed by atoms with van der Waals surface area (Å²) in [4.78, 5) is 10.1. The molecule has 1 heterocycles. The van der Waals surface area contributed by atoms with Crippen molar-refractivity contribution < 1.29 is 9.66 Å². The van der Waals surface area contributed by atoms with Crippen LogP contribution in [0.4, 0.5) is 5.69 Å². The number of fused-ring (bicyclic) bond motifs is 1. The van der Waals surface area contributed by atoms with Gasteiger partial charge in [0, 0.05) is 4.92 Å². The number of para-hydroxylation sites is 2. The Morgan fingerprint density at radius 1 is 1.41 bits per heavy atom. The monoisotopic (exact) mass is 296 g/mol. The molecule has 2 rings (SSSR count). The molecule has 1 aliphatic rings. The molecule has 0 saturated heterocycles. The van der Waals surface area contributed by atoms with Gasteiger partial charge in [0.05, 0.1) is 5.69 Å². The minimum Gasteiger partial charge on any atom is -0.454 e. The van der Waals surface area contributed by atoms with Gasteiger partial charge in [-0.15, -0.1) is 0 Å². The molecule has 0 aliphatic carbocycles. The third kappa shape index (κ3) is 2.22. The lowest BCUT2D eigenvalue weighted by Crippen LogP contribution is -2.57. The first-order valence-corrected chi connectivity index (χ1v) is 5.72. The summed E-state index contributed by atoms with van der Waals surface area (Å²) in [6.45, 7) is -0.668. The summed E-state index contributed by atoms with van der Waals surface area (Å²) in [5.41, 5.74) is -1.13. The van der Waals surface area contributed by atoms with E-state index >= 15 is 0 Å². The van der Waals surface area contributed by atoms with Crippen molar-refractivity contribution in [3.8, 4) is 5.75 Å². The number of nitrogens with zero attached hydrogens (tertiary/aromatic N) is 1. The first-order chi connectivity index (χ1) is 7.84. The van der Waals surface area contributed by atoms with Crippen LogP contribution in [0.15, 0.2) is 24.3 Å². The molecule has 0 amide bonds. The average Bonchev–Trinajstić information content (AvgIpc) is 2.54. The fraction of sp³-hybridized carbons (Fsp3) is 0.333. The molecule has 1 aliphatic heterocycles. The van der Waals surface area contributed by atoms with E-state index in [-0.39, 0.29) is 0 Å². The summed E-state index contributed by atoms with van der Waals surface area (Å²) in [7, 11) is 0. The highest BCUT2D eigenvalue weighted by atomic mass is 35.6. The molecular formula is C9H7Cl3N2O3. The molecule has 92 valence electrons. The second kappa shape index (κ2) is 4.08. The Hall–Kier alpha value is -0.910. The summed E-state index contributed by atoms with van der Waals surface area (Å²) in [5, 5.41) is 13.4. The molecule has 17 heavy (non-hydrogen) atoms. The lowest BCUT2D eigenvalue weighted by Gasteiger charge is -2.31. The lowest BCUT2D eigenvalue weighted by atomic mass is 10.2. The summed E-state index contributed by atoms with van der Waals surface area (Å²) in [5.74, 6) is 0.417. The van der Waals surface area contributed by atoms with E-state index in [9.17, 15) is 10.1 Å². The van der Waals surface area contributed by atoms with Crippen LogP contribution >= 0.6 is 34.8 Å². The molecule has 0 unspecified atom stereocenters. The maximum Gasteiger partial charge on any atom is 0.292 e. The molecule has 1 N–H and O–H groups in total. The zero-order chi connectivity index (χ0) is 12.7. The summed E-state index contributed by atoms with van der Waals surface area (Å²) in [6.07, 6.45) is 0. The van der Waals surface area contributed by atoms with Crippen LogP contribution in [0.2, 0.25) is 0 Å². The third-order valence-electron chi connectivity index (χ3n) is 2.32. The van der Waals surface area contributed by atoms with Crippen LogP contribution in [0.25, 0.3) is 0 Å². The van der Waals surface area contributed by atoms with E-state index in [2.05, 4.69) is 5.32 Å². The Bertz CT molecular complexity index is 436. The van der Waals surface area contributed by atoms with E-state index in [0.717, 1.165) is 0 Å². The van der Waals surface area contributed by atoms with Crippen LogP contribution in [0.5, 0.6) is 5.75 Å². The Labute approximate surface area is 112 Å². The second-order valence-corrected chi connectivity index (χ2v) is 5.82. The molecule has 0 aromatic heterocycles. The van der Waals surface area contributed by atoms with Crippen molar-refractivity contribution in [3.05, 3.63) is 34.4 Å². The summed E-state index contributed by atoms with van der Waals surface area (Å²) < 4.78 is 3.45. The van der Waals surface area contributed by atoms with Crippen LogP contribution in [-0.2, 0) is 0 Å². The lowest BCUT2D eigenvalue weighted by molar-refractivity contribution is -0.496. The van der Waals surface area contributed by atoms with Gasteiger partial charge < -0.3 is 10.1 Å². The molecule has 1 atom stereocenters. The Balaban J connectivity index is 2.38. The maximum absolute atomic E-state index is 10.7. The van der Waals surface area contributed by atoms with Gasteiger partial charge in [-0.05, 0) is 12.1 Å². The number of alkyl halides is 3. The number of halogens is 3. The highest BCUT2D eigenvalue weighted by Gasteiger charge is 2.58. The van der Waals surface area contributed by atoms with Crippen LogP contribution in [0, 0.1) is 10.1 Å². The van der Waals surface area contributed by atoms with Crippen molar-refractivity contribution in [1.82, 2.24) is 0 Å². The van der Waals surface area contributed by atoms with Gasteiger partial charge in [0.1, 0.15) is 5.75 Å². The van der Waals surface area contributed by atoms with Gasteiger partial charge in [0.2, 0.25) is 0 Å². The molecule has 1 aromatic carbocycles. The minimum atomic E-state index is -1.97. The Morgan fingerprint density at radius 3 is 2.59 bits per heavy atom. The van der Waals surface area contributed by atoms with Gasteiger partial charge in [-0.2, -0.15) is 0 Å². The highest BCUT2D eigenvalue weighted by molar-refractivity contribution is 6.68. The predicted molar refractivity (Wildman–Crippen MR) is 65.6 cm³/mol. The van der Waals surface area contributed by atoms with E-state index in [1.165, 1.54) is 0 Å². The largest absolute Gasteiger partial charge is 0.454 e. The Morgan fingerprint density at radius 2 is 2.06 bits per heavy atom. The zero-order valence-corrected chi connectivity index (χ0v) is 10.6. The summed E-state index contributed by atoms with van der Waals surface area (Å²) >= 11 is 17.3. The van der Waals surface area contributed by atoms with Gasteiger partial charge in [-0.25, -0.2) is 0 Å². The van der Waals surface area contributed by atoms with Gasteiger partial charge in [0.25, 0.3) is 16.1 Å². The van der Waals surface area contributed by atoms with Crippen LogP contribution in [0.1, 0.15) is 0 Å². The first kappa shape index (κ1) is 12.5. The first-order valence-electron chi connectivity index (χ1n) is 4.59. The molecule has 1 aromatic rings. The van der Waals surface area contributed by atoms with Gasteiger partial charge >= 0.3 is 0 Å². The second-order valence-electron chi connectivity index (χ2n) is 3.54. The van der Waals surface area contributed by atoms with Gasteiger partial charge in [0.15, 0.2) is 0 Å². The topological polar surface area (TPSA) is 64.4 Å². The molecule has 0 bridgehead atoms. The normalized spacial score (nSPS) is 22.5. The number of hydrogen-bond donors (Lipinski definition) is 1. The van der Waals surface area contributed by atoms with E-state index < -0.39 is 21.0 Å². The number of rotatable bonds is 2. The SMILES string of the molecule is O=[N+]([O-])C[C@]1(C(Cl)(Cl)Cl)Nc2ccccc2O1. The van der Waals surface area contributed by atoms with Crippen LogP contribution in [0.3, 0.4) is 0 Å². The Kier molecular flexibility index (Phi) is 3.01. The maximum atomic E-state index is 10.7. The minimum absolute atomic E-state index is 0.417. The van der Waals surface area contributed by atoms with Crippen molar-refractivity contribution >= 4 is 40.5 Å². The number of anilines is 1. The number of nitrogens with one attached hydrogen (secondary N) is 1. The third-order valence-corrected chi connectivity index (χ3v) is 3.23. The smallest absolute Gasteiger partial charge is 0.292 e. The molecule has 8 heteroatoms. The van der Waals surface area contributed by atoms with E-state index in [0.29, 0.717) is 11.4 Å². The fourth-order valence-electron chi connectivity index (χ4n) is 1.56. The van der Waals surface area contributed by atoms with Crippen LogP contribution < -0.4 is 10.1 Å².